The predicted octanol–water partition coefficient (Wildman–Crippen LogP) is 1.92. The topological polar surface area (TPSA) is 73.8 Å². The van der Waals surface area contributed by atoms with Crippen molar-refractivity contribution in [3.63, 3.8) is 0 Å². The van der Waals surface area contributed by atoms with E-state index in [4.69, 9.17) is 5.73 Å². The molecule has 18 heavy (non-hydrogen) atoms. The summed E-state index contributed by atoms with van der Waals surface area (Å²) in [7, 11) is 1.74. The number of rotatable bonds is 3. The number of halogens is 1. The van der Waals surface area contributed by atoms with Crippen molar-refractivity contribution < 1.29 is 4.79 Å². The van der Waals surface area contributed by atoms with Crippen LogP contribution >= 0.6 is 15.9 Å². The van der Waals surface area contributed by atoms with Gasteiger partial charge in [-0.25, -0.2) is 4.68 Å². The lowest BCUT2D eigenvalue weighted by molar-refractivity contribution is 0.0683. The molecule has 1 heterocycles. The van der Waals surface area contributed by atoms with Gasteiger partial charge in [0.25, 0.3) is 0 Å². The first-order valence-electron chi connectivity index (χ1n) is 6.30. The first-order chi connectivity index (χ1) is 8.50. The van der Waals surface area contributed by atoms with E-state index in [1.165, 1.54) is 4.68 Å². The molecule has 1 aromatic heterocycles. The Morgan fingerprint density at radius 1 is 1.56 bits per heavy atom. The van der Waals surface area contributed by atoms with Gasteiger partial charge in [0, 0.05) is 19.0 Å². The maximum absolute atomic E-state index is 12.8. The Hall–Kier alpha value is -0.750. The van der Waals surface area contributed by atoms with Crippen LogP contribution in [0.3, 0.4) is 0 Å². The quantitative estimate of drug-likeness (QED) is 0.865. The Bertz CT molecular complexity index is 429. The van der Waals surface area contributed by atoms with E-state index in [0.29, 0.717) is 22.8 Å². The Morgan fingerprint density at radius 2 is 2.17 bits per heavy atom. The van der Waals surface area contributed by atoms with Crippen molar-refractivity contribution in [1.29, 1.82) is 0 Å². The molecule has 2 N–H and O–H groups in total. The van der Waals surface area contributed by atoms with Gasteiger partial charge in [-0.3, -0.25) is 4.79 Å². The van der Waals surface area contributed by atoms with Gasteiger partial charge < -0.3 is 5.73 Å². The van der Waals surface area contributed by atoms with Crippen LogP contribution in [0.15, 0.2) is 4.60 Å². The monoisotopic (exact) mass is 314 g/mol. The smallest absolute Gasteiger partial charge is 0.191 e. The summed E-state index contributed by atoms with van der Waals surface area (Å²) in [6.45, 7) is 2.63. The first-order valence-corrected chi connectivity index (χ1v) is 7.09. The van der Waals surface area contributed by atoms with Crippen LogP contribution in [-0.4, -0.2) is 27.3 Å². The molecule has 0 spiro atoms. The van der Waals surface area contributed by atoms with E-state index in [-0.39, 0.29) is 5.78 Å². The molecule has 5 nitrogen and oxygen atoms in total. The number of nitrogens with two attached hydrogens (primary N) is 1. The predicted molar refractivity (Wildman–Crippen MR) is 72.2 cm³/mol. The molecule has 0 amide bonds. The fourth-order valence-corrected chi connectivity index (χ4v) is 3.17. The fraction of sp³-hybridized carbons (Fsp3) is 0.750. The highest BCUT2D eigenvalue weighted by Gasteiger charge is 2.42. The Labute approximate surface area is 115 Å². The maximum atomic E-state index is 12.8. The van der Waals surface area contributed by atoms with Gasteiger partial charge in [-0.1, -0.05) is 12.1 Å². The van der Waals surface area contributed by atoms with Gasteiger partial charge in [0.05, 0.1) is 0 Å². The number of hydrogen-bond acceptors (Lipinski definition) is 4. The third kappa shape index (κ3) is 2.23. The summed E-state index contributed by atoms with van der Waals surface area (Å²) in [5, 5.41) is 7.75. The van der Waals surface area contributed by atoms with Crippen molar-refractivity contribution in [3.05, 3.63) is 10.3 Å². The van der Waals surface area contributed by atoms with E-state index in [2.05, 4.69) is 33.2 Å². The van der Waals surface area contributed by atoms with Crippen LogP contribution in [0.25, 0.3) is 0 Å². The normalized spacial score (nSPS) is 28.3. The zero-order chi connectivity index (χ0) is 13.3. The first kappa shape index (κ1) is 13.7. The number of aryl methyl sites for hydroxylation is 1. The standard InChI is InChI=1S/C12H19BrN4O/c1-8-3-5-12(7-14,6-4-8)10(18)9-11(13)15-16-17(9)2/h8H,3-7,14H2,1-2H3. The lowest BCUT2D eigenvalue weighted by Gasteiger charge is -2.37. The molecule has 0 saturated heterocycles. The molecule has 0 bridgehead atoms. The summed E-state index contributed by atoms with van der Waals surface area (Å²) < 4.78 is 2.04. The van der Waals surface area contributed by atoms with Gasteiger partial charge in [-0.2, -0.15) is 0 Å². The summed E-state index contributed by atoms with van der Waals surface area (Å²) in [4.78, 5) is 12.8. The average molecular weight is 315 g/mol. The highest BCUT2D eigenvalue weighted by atomic mass is 79.9. The SMILES string of the molecule is CC1CCC(CN)(C(=O)c2c(Br)nnn2C)CC1. The minimum atomic E-state index is -0.426. The molecule has 0 radical (unpaired) electrons. The highest BCUT2D eigenvalue weighted by Crippen LogP contribution is 2.41. The van der Waals surface area contributed by atoms with Crippen LogP contribution in [0.2, 0.25) is 0 Å². The number of Topliss-reactive ketones (excluding diaryl/α,β-unsaturated/α-hetero) is 1. The zero-order valence-corrected chi connectivity index (χ0v) is 12.4. The van der Waals surface area contributed by atoms with Crippen LogP contribution in [0.1, 0.15) is 43.1 Å². The van der Waals surface area contributed by atoms with Gasteiger partial charge in [0.1, 0.15) is 5.69 Å². The molecule has 6 heteroatoms. The second kappa shape index (κ2) is 5.09. The van der Waals surface area contributed by atoms with Gasteiger partial charge in [-0.15, -0.1) is 5.10 Å². The molecule has 1 aliphatic carbocycles. The lowest BCUT2D eigenvalue weighted by Crippen LogP contribution is -2.42. The van der Waals surface area contributed by atoms with Crippen molar-refractivity contribution in [3.8, 4) is 0 Å². The molecular weight excluding hydrogens is 296 g/mol. The van der Waals surface area contributed by atoms with Crippen molar-refractivity contribution in [2.24, 2.45) is 24.1 Å². The molecule has 1 fully saturated rings. The highest BCUT2D eigenvalue weighted by molar-refractivity contribution is 9.10. The maximum Gasteiger partial charge on any atom is 0.191 e. The average Bonchev–Trinajstić information content (AvgIpc) is 2.70. The molecule has 0 aromatic carbocycles. The van der Waals surface area contributed by atoms with E-state index in [9.17, 15) is 4.79 Å². The summed E-state index contributed by atoms with van der Waals surface area (Å²) in [5.41, 5.74) is 6.02. The number of carbonyl (C=O) groups excluding carboxylic acids is 1. The van der Waals surface area contributed by atoms with E-state index >= 15 is 0 Å². The van der Waals surface area contributed by atoms with E-state index in [0.717, 1.165) is 25.7 Å². The number of hydrogen-bond donors (Lipinski definition) is 1. The number of ketones is 1. The Balaban J connectivity index is 2.31. The van der Waals surface area contributed by atoms with Crippen LogP contribution in [0, 0.1) is 11.3 Å². The molecule has 1 aliphatic rings. The molecule has 0 atom stereocenters. The largest absolute Gasteiger partial charge is 0.329 e. The third-order valence-corrected chi connectivity index (χ3v) is 4.64. The van der Waals surface area contributed by atoms with Gasteiger partial charge in [-0.05, 0) is 47.5 Å². The summed E-state index contributed by atoms with van der Waals surface area (Å²) >= 11 is 3.29. The second-order valence-corrected chi connectivity index (χ2v) is 6.10. The number of aromatic nitrogens is 3. The number of carbonyl (C=O) groups is 1. The van der Waals surface area contributed by atoms with Crippen molar-refractivity contribution in [2.75, 3.05) is 6.54 Å². The summed E-state index contributed by atoms with van der Waals surface area (Å²) in [6, 6.07) is 0. The number of nitrogens with zero attached hydrogens (tertiary/aromatic N) is 3. The second-order valence-electron chi connectivity index (χ2n) is 5.35. The van der Waals surface area contributed by atoms with Crippen LogP contribution in [-0.2, 0) is 7.05 Å². The molecule has 2 rings (SSSR count). The van der Waals surface area contributed by atoms with Gasteiger partial charge >= 0.3 is 0 Å². The molecule has 100 valence electrons. The van der Waals surface area contributed by atoms with Crippen LogP contribution < -0.4 is 5.73 Å². The minimum absolute atomic E-state index is 0.0799. The van der Waals surface area contributed by atoms with Gasteiger partial charge in [0.2, 0.25) is 0 Å². The van der Waals surface area contributed by atoms with Crippen molar-refractivity contribution in [2.45, 2.75) is 32.6 Å². The fourth-order valence-electron chi connectivity index (χ4n) is 2.66. The van der Waals surface area contributed by atoms with E-state index in [1.54, 1.807) is 7.05 Å². The van der Waals surface area contributed by atoms with E-state index < -0.39 is 5.41 Å². The van der Waals surface area contributed by atoms with Gasteiger partial charge in [0.15, 0.2) is 10.4 Å². The minimum Gasteiger partial charge on any atom is -0.329 e. The third-order valence-electron chi connectivity index (χ3n) is 4.10. The van der Waals surface area contributed by atoms with Crippen LogP contribution in [0.5, 0.6) is 0 Å². The molecule has 1 saturated carbocycles. The lowest BCUT2D eigenvalue weighted by atomic mass is 9.68. The summed E-state index contributed by atoms with van der Waals surface area (Å²) in [6.07, 6.45) is 3.85. The molecule has 0 unspecified atom stereocenters. The van der Waals surface area contributed by atoms with Crippen LogP contribution in [0.4, 0.5) is 0 Å². The van der Waals surface area contributed by atoms with Crippen molar-refractivity contribution >= 4 is 21.7 Å². The zero-order valence-electron chi connectivity index (χ0n) is 10.8. The van der Waals surface area contributed by atoms with E-state index in [1.807, 2.05) is 0 Å². The molecule has 1 aromatic rings. The van der Waals surface area contributed by atoms with Crippen molar-refractivity contribution in [1.82, 2.24) is 15.0 Å². The Morgan fingerprint density at radius 3 is 2.61 bits per heavy atom. The summed E-state index contributed by atoms with van der Waals surface area (Å²) in [5.74, 6) is 0.766. The molecular formula is C12H19BrN4O. The Kier molecular flexibility index (Phi) is 3.87. The molecule has 0 aliphatic heterocycles.